The molecular formula is C18H18N6O. The van der Waals surface area contributed by atoms with Crippen LogP contribution in [0, 0.1) is 17.2 Å². The average molecular weight is 334 g/mol. The zero-order chi connectivity index (χ0) is 17.2. The van der Waals surface area contributed by atoms with Gasteiger partial charge in [0.05, 0.1) is 5.56 Å². The molecule has 3 fully saturated rings. The Morgan fingerprint density at radius 1 is 1.12 bits per heavy atom. The quantitative estimate of drug-likeness (QED) is 0.827. The zero-order valence-electron chi connectivity index (χ0n) is 13.7. The number of carbonyl (C=O) groups excluding carboxylic acids is 1. The number of hydrogen-bond donors (Lipinski definition) is 0. The second-order valence-electron chi connectivity index (χ2n) is 6.55. The number of amides is 1. The van der Waals surface area contributed by atoms with E-state index in [-0.39, 0.29) is 11.9 Å². The van der Waals surface area contributed by atoms with Gasteiger partial charge in [-0.15, -0.1) is 0 Å². The maximum Gasteiger partial charge on any atom is 0.255 e. The van der Waals surface area contributed by atoms with E-state index in [0.717, 1.165) is 38.4 Å². The second-order valence-corrected chi connectivity index (χ2v) is 6.55. The molecule has 0 aromatic carbocycles. The maximum absolute atomic E-state index is 12.9. The third kappa shape index (κ3) is 3.03. The molecule has 0 N–H and O–H groups in total. The van der Waals surface area contributed by atoms with Crippen LogP contribution in [0.1, 0.15) is 28.9 Å². The van der Waals surface area contributed by atoms with Gasteiger partial charge in [-0.1, -0.05) is 0 Å². The van der Waals surface area contributed by atoms with Crippen LogP contribution in [0.4, 0.5) is 5.95 Å². The number of anilines is 1. The lowest BCUT2D eigenvalue weighted by atomic mass is 9.94. The van der Waals surface area contributed by atoms with Gasteiger partial charge in [0.15, 0.2) is 0 Å². The lowest BCUT2D eigenvalue weighted by Gasteiger charge is -2.36. The first-order chi connectivity index (χ1) is 12.2. The van der Waals surface area contributed by atoms with Gasteiger partial charge in [0, 0.05) is 44.3 Å². The van der Waals surface area contributed by atoms with Gasteiger partial charge in [-0.25, -0.2) is 15.0 Å². The largest absolute Gasteiger partial charge is 0.338 e. The van der Waals surface area contributed by atoms with Crippen molar-refractivity contribution in [2.45, 2.75) is 18.9 Å². The molecule has 5 rings (SSSR count). The van der Waals surface area contributed by atoms with E-state index in [1.54, 1.807) is 24.5 Å². The van der Waals surface area contributed by atoms with Gasteiger partial charge in [0.1, 0.15) is 11.8 Å². The van der Waals surface area contributed by atoms with Crippen LogP contribution in [0.5, 0.6) is 0 Å². The molecule has 2 bridgehead atoms. The van der Waals surface area contributed by atoms with Crippen LogP contribution in [-0.2, 0) is 0 Å². The number of piperidine rings is 1. The van der Waals surface area contributed by atoms with Crippen LogP contribution >= 0.6 is 0 Å². The Morgan fingerprint density at radius 3 is 2.68 bits per heavy atom. The molecule has 2 atom stereocenters. The van der Waals surface area contributed by atoms with Crippen molar-refractivity contribution in [3.05, 3.63) is 48.0 Å². The fourth-order valence-corrected chi connectivity index (χ4v) is 3.70. The van der Waals surface area contributed by atoms with Crippen LogP contribution < -0.4 is 4.90 Å². The van der Waals surface area contributed by atoms with Crippen molar-refractivity contribution in [2.75, 3.05) is 24.5 Å². The van der Waals surface area contributed by atoms with E-state index in [0.29, 0.717) is 17.2 Å². The molecule has 0 unspecified atom stereocenters. The number of pyridine rings is 1. The second kappa shape index (κ2) is 6.48. The molecule has 3 saturated heterocycles. The predicted octanol–water partition coefficient (Wildman–Crippen LogP) is 1.48. The minimum atomic E-state index is -0.0116. The van der Waals surface area contributed by atoms with Gasteiger partial charge in [0.25, 0.3) is 5.91 Å². The SMILES string of the molecule is N#Cc1ccc(C(=O)N2C[C@H]3CC[C@@H]2CN(c2ncccn2)C3)cn1. The van der Waals surface area contributed by atoms with E-state index in [1.807, 2.05) is 17.0 Å². The van der Waals surface area contributed by atoms with Crippen LogP contribution in [0.25, 0.3) is 0 Å². The van der Waals surface area contributed by atoms with E-state index in [2.05, 4.69) is 19.9 Å². The highest BCUT2D eigenvalue weighted by molar-refractivity contribution is 5.94. The monoisotopic (exact) mass is 334 g/mol. The first kappa shape index (κ1) is 15.5. The number of aromatic nitrogens is 3. The summed E-state index contributed by atoms with van der Waals surface area (Å²) in [6.45, 7) is 2.36. The normalized spacial score (nSPS) is 22.4. The number of rotatable bonds is 2. The summed E-state index contributed by atoms with van der Waals surface area (Å²) >= 11 is 0. The summed E-state index contributed by atoms with van der Waals surface area (Å²) in [4.78, 5) is 29.8. The summed E-state index contributed by atoms with van der Waals surface area (Å²) in [6.07, 6.45) is 7.10. The maximum atomic E-state index is 12.9. The molecule has 126 valence electrons. The number of carbonyl (C=O) groups is 1. The summed E-state index contributed by atoms with van der Waals surface area (Å²) < 4.78 is 0. The molecule has 7 heteroatoms. The molecule has 0 saturated carbocycles. The minimum Gasteiger partial charge on any atom is -0.338 e. The molecule has 3 aliphatic heterocycles. The Balaban J connectivity index is 1.56. The molecule has 5 heterocycles. The fraction of sp³-hybridized carbons (Fsp3) is 0.389. The highest BCUT2D eigenvalue weighted by Crippen LogP contribution is 2.30. The molecule has 2 aromatic rings. The molecule has 25 heavy (non-hydrogen) atoms. The number of nitrogens with zero attached hydrogens (tertiary/aromatic N) is 6. The van der Waals surface area contributed by atoms with Gasteiger partial charge in [0.2, 0.25) is 5.95 Å². The molecule has 0 spiro atoms. The van der Waals surface area contributed by atoms with Gasteiger partial charge in [-0.3, -0.25) is 4.79 Å². The molecule has 7 nitrogen and oxygen atoms in total. The molecular weight excluding hydrogens is 316 g/mol. The fourth-order valence-electron chi connectivity index (χ4n) is 3.70. The van der Waals surface area contributed by atoms with Crippen LogP contribution in [0.2, 0.25) is 0 Å². The van der Waals surface area contributed by atoms with Crippen molar-refractivity contribution in [2.24, 2.45) is 5.92 Å². The smallest absolute Gasteiger partial charge is 0.255 e. The van der Waals surface area contributed by atoms with E-state index < -0.39 is 0 Å². The first-order valence-corrected chi connectivity index (χ1v) is 8.43. The van der Waals surface area contributed by atoms with Crippen molar-refractivity contribution in [3.8, 4) is 6.07 Å². The Morgan fingerprint density at radius 2 is 1.96 bits per heavy atom. The van der Waals surface area contributed by atoms with Crippen LogP contribution in [0.15, 0.2) is 36.8 Å². The summed E-state index contributed by atoms with van der Waals surface area (Å²) in [5.74, 6) is 1.13. The van der Waals surface area contributed by atoms with E-state index in [4.69, 9.17) is 5.26 Å². The highest BCUT2D eigenvalue weighted by atomic mass is 16.2. The van der Waals surface area contributed by atoms with E-state index >= 15 is 0 Å². The van der Waals surface area contributed by atoms with Crippen molar-refractivity contribution in [1.82, 2.24) is 19.9 Å². The molecule has 0 aliphatic carbocycles. The topological polar surface area (TPSA) is 86.0 Å². The zero-order valence-corrected chi connectivity index (χ0v) is 13.7. The Bertz CT molecular complexity index is 801. The van der Waals surface area contributed by atoms with Crippen molar-refractivity contribution >= 4 is 11.9 Å². The summed E-state index contributed by atoms with van der Waals surface area (Å²) in [7, 11) is 0. The number of fused-ring (bicyclic) bond motifs is 4. The molecule has 3 aliphatic rings. The Hall–Kier alpha value is -3.01. The van der Waals surface area contributed by atoms with Gasteiger partial charge < -0.3 is 9.80 Å². The summed E-state index contributed by atoms with van der Waals surface area (Å²) in [5.41, 5.74) is 0.857. The molecule has 1 amide bonds. The van der Waals surface area contributed by atoms with Crippen molar-refractivity contribution in [3.63, 3.8) is 0 Å². The third-order valence-electron chi connectivity index (χ3n) is 4.93. The van der Waals surface area contributed by atoms with Crippen molar-refractivity contribution < 1.29 is 4.79 Å². The predicted molar refractivity (Wildman–Crippen MR) is 90.7 cm³/mol. The van der Waals surface area contributed by atoms with Crippen LogP contribution in [-0.4, -0.2) is 51.4 Å². The summed E-state index contributed by atoms with van der Waals surface area (Å²) in [6, 6.07) is 7.21. The van der Waals surface area contributed by atoms with Gasteiger partial charge >= 0.3 is 0 Å². The van der Waals surface area contributed by atoms with Crippen LogP contribution in [0.3, 0.4) is 0 Å². The van der Waals surface area contributed by atoms with E-state index in [1.165, 1.54) is 6.20 Å². The van der Waals surface area contributed by atoms with Crippen molar-refractivity contribution in [1.29, 1.82) is 5.26 Å². The summed E-state index contributed by atoms with van der Waals surface area (Å²) in [5, 5.41) is 8.85. The Labute approximate surface area is 145 Å². The Kier molecular flexibility index (Phi) is 4.02. The lowest BCUT2D eigenvalue weighted by molar-refractivity contribution is 0.0591. The average Bonchev–Trinajstić information content (AvgIpc) is 3.00. The first-order valence-electron chi connectivity index (χ1n) is 8.43. The standard InChI is InChI=1S/C18H18N6O/c19-8-15-4-3-14(9-22-15)17(25)24-11-13-2-5-16(24)12-23(10-13)18-20-6-1-7-21-18/h1,3-4,6-7,9,13,16H,2,5,10-12H2/t13-,16+/m0/s1. The van der Waals surface area contributed by atoms with Gasteiger partial charge in [-0.2, -0.15) is 5.26 Å². The number of hydrogen-bond acceptors (Lipinski definition) is 6. The number of nitriles is 1. The lowest BCUT2D eigenvalue weighted by Crippen LogP contribution is -2.47. The minimum absolute atomic E-state index is 0.0116. The van der Waals surface area contributed by atoms with Gasteiger partial charge in [-0.05, 0) is 37.0 Å². The molecule has 0 radical (unpaired) electrons. The highest BCUT2D eigenvalue weighted by Gasteiger charge is 2.38. The third-order valence-corrected chi connectivity index (χ3v) is 4.93. The molecule has 2 aromatic heterocycles. The van der Waals surface area contributed by atoms with E-state index in [9.17, 15) is 4.79 Å².